The van der Waals surface area contributed by atoms with Gasteiger partial charge in [-0.15, -0.1) is 0 Å². The Kier molecular flexibility index (Phi) is 4.55. The van der Waals surface area contributed by atoms with Crippen molar-refractivity contribution in [1.29, 1.82) is 0 Å². The molecule has 2 heterocycles. The van der Waals surface area contributed by atoms with E-state index in [0.29, 0.717) is 30.6 Å². The summed E-state index contributed by atoms with van der Waals surface area (Å²) >= 11 is 6.09. The van der Waals surface area contributed by atoms with Crippen molar-refractivity contribution in [2.24, 2.45) is 0 Å². The summed E-state index contributed by atoms with van der Waals surface area (Å²) in [4.78, 5) is 8.02. The molecular weight excluding hydrogens is 305 g/mol. The predicted molar refractivity (Wildman–Crippen MR) is 83.7 cm³/mol. The molecule has 116 valence electrons. The summed E-state index contributed by atoms with van der Waals surface area (Å²) in [6, 6.07) is 6.79. The van der Waals surface area contributed by atoms with E-state index in [1.165, 1.54) is 12.4 Å². The molecule has 1 aromatic heterocycles. The SMILES string of the molecule is Fc1cccc(C2(CNc3ncncc3Cl)CCOCC2)c1. The molecule has 1 N–H and O–H groups in total. The molecule has 0 atom stereocenters. The number of hydrogen-bond donors (Lipinski definition) is 1. The maximum absolute atomic E-state index is 13.6. The molecule has 1 aliphatic heterocycles. The first kappa shape index (κ1) is 15.2. The number of nitrogens with zero attached hydrogens (tertiary/aromatic N) is 2. The van der Waals surface area contributed by atoms with E-state index in [4.69, 9.17) is 16.3 Å². The molecule has 1 aliphatic rings. The zero-order valence-corrected chi connectivity index (χ0v) is 12.8. The van der Waals surface area contributed by atoms with E-state index in [1.807, 2.05) is 6.07 Å². The van der Waals surface area contributed by atoms with Crippen LogP contribution in [0.15, 0.2) is 36.8 Å². The number of halogens is 2. The van der Waals surface area contributed by atoms with E-state index in [9.17, 15) is 4.39 Å². The van der Waals surface area contributed by atoms with E-state index in [2.05, 4.69) is 15.3 Å². The van der Waals surface area contributed by atoms with Crippen LogP contribution in [0.2, 0.25) is 5.02 Å². The first-order chi connectivity index (χ1) is 10.7. The molecule has 0 radical (unpaired) electrons. The van der Waals surface area contributed by atoms with Gasteiger partial charge in [-0.3, -0.25) is 0 Å². The van der Waals surface area contributed by atoms with Crippen LogP contribution in [0.4, 0.5) is 10.2 Å². The minimum atomic E-state index is -0.219. The average molecular weight is 322 g/mol. The summed E-state index contributed by atoms with van der Waals surface area (Å²) in [5, 5.41) is 3.76. The lowest BCUT2D eigenvalue weighted by molar-refractivity contribution is 0.0542. The second kappa shape index (κ2) is 6.58. The largest absolute Gasteiger partial charge is 0.381 e. The molecule has 6 heteroatoms. The van der Waals surface area contributed by atoms with Gasteiger partial charge in [0.15, 0.2) is 0 Å². The highest BCUT2D eigenvalue weighted by atomic mass is 35.5. The van der Waals surface area contributed by atoms with Crippen molar-refractivity contribution in [3.05, 3.63) is 53.2 Å². The third-order valence-electron chi connectivity index (χ3n) is 4.15. The quantitative estimate of drug-likeness (QED) is 0.937. The topological polar surface area (TPSA) is 47.0 Å². The molecule has 22 heavy (non-hydrogen) atoms. The van der Waals surface area contributed by atoms with E-state index in [-0.39, 0.29) is 11.2 Å². The van der Waals surface area contributed by atoms with Crippen molar-refractivity contribution in [3.8, 4) is 0 Å². The van der Waals surface area contributed by atoms with Crippen LogP contribution < -0.4 is 5.32 Å². The van der Waals surface area contributed by atoms with Crippen LogP contribution in [0.5, 0.6) is 0 Å². The molecule has 0 bridgehead atoms. The van der Waals surface area contributed by atoms with Crippen molar-refractivity contribution in [2.75, 3.05) is 25.1 Å². The predicted octanol–water partition coefficient (Wildman–Crippen LogP) is 3.43. The van der Waals surface area contributed by atoms with Gasteiger partial charge in [-0.1, -0.05) is 23.7 Å². The maximum atomic E-state index is 13.6. The summed E-state index contributed by atoms with van der Waals surface area (Å²) in [5.74, 6) is 0.377. The highest BCUT2D eigenvalue weighted by Gasteiger charge is 2.34. The number of benzene rings is 1. The van der Waals surface area contributed by atoms with Gasteiger partial charge in [-0.05, 0) is 30.5 Å². The standard InChI is InChI=1S/C16H17ClFN3O/c17-14-9-19-11-21-15(14)20-10-16(4-6-22-7-5-16)12-2-1-3-13(18)8-12/h1-3,8-9,11H,4-7,10H2,(H,19,20,21). The lowest BCUT2D eigenvalue weighted by Crippen LogP contribution is -2.40. The van der Waals surface area contributed by atoms with Crippen molar-refractivity contribution >= 4 is 17.4 Å². The van der Waals surface area contributed by atoms with Crippen LogP contribution in [0.3, 0.4) is 0 Å². The Bertz CT molecular complexity index is 647. The van der Waals surface area contributed by atoms with Gasteiger partial charge in [-0.25, -0.2) is 14.4 Å². The minimum absolute atomic E-state index is 0.186. The second-order valence-electron chi connectivity index (χ2n) is 5.48. The third kappa shape index (κ3) is 3.20. The summed E-state index contributed by atoms with van der Waals surface area (Å²) in [6.07, 6.45) is 4.65. The van der Waals surface area contributed by atoms with Crippen molar-refractivity contribution < 1.29 is 9.13 Å². The van der Waals surface area contributed by atoms with Gasteiger partial charge in [0.2, 0.25) is 0 Å². The summed E-state index contributed by atoms with van der Waals surface area (Å²) in [6.45, 7) is 1.95. The van der Waals surface area contributed by atoms with Crippen LogP contribution >= 0.6 is 11.6 Å². The van der Waals surface area contributed by atoms with Crippen molar-refractivity contribution in [2.45, 2.75) is 18.3 Å². The highest BCUT2D eigenvalue weighted by Crippen LogP contribution is 2.35. The first-order valence-corrected chi connectivity index (χ1v) is 7.61. The molecule has 0 spiro atoms. The molecule has 1 saturated heterocycles. The molecule has 2 aromatic rings. The molecule has 1 fully saturated rings. The van der Waals surface area contributed by atoms with Gasteiger partial charge in [0.25, 0.3) is 0 Å². The Morgan fingerprint density at radius 3 is 2.86 bits per heavy atom. The number of ether oxygens (including phenoxy) is 1. The van der Waals surface area contributed by atoms with Crippen LogP contribution in [0.1, 0.15) is 18.4 Å². The molecule has 0 aliphatic carbocycles. The van der Waals surface area contributed by atoms with E-state index in [0.717, 1.165) is 18.4 Å². The fourth-order valence-corrected chi connectivity index (χ4v) is 3.02. The lowest BCUT2D eigenvalue weighted by Gasteiger charge is -2.38. The van der Waals surface area contributed by atoms with Gasteiger partial charge in [0.1, 0.15) is 23.0 Å². The number of aromatic nitrogens is 2. The van der Waals surface area contributed by atoms with Crippen LogP contribution in [-0.2, 0) is 10.2 Å². The number of anilines is 1. The Hall–Kier alpha value is -1.72. The zero-order valence-electron chi connectivity index (χ0n) is 12.1. The molecule has 0 saturated carbocycles. The Morgan fingerprint density at radius 2 is 2.14 bits per heavy atom. The van der Waals surface area contributed by atoms with Crippen molar-refractivity contribution in [3.63, 3.8) is 0 Å². The van der Waals surface area contributed by atoms with E-state index < -0.39 is 0 Å². The number of hydrogen-bond acceptors (Lipinski definition) is 4. The van der Waals surface area contributed by atoms with Gasteiger partial charge in [0, 0.05) is 25.2 Å². The van der Waals surface area contributed by atoms with Gasteiger partial charge < -0.3 is 10.1 Å². The molecule has 4 nitrogen and oxygen atoms in total. The second-order valence-corrected chi connectivity index (χ2v) is 5.88. The third-order valence-corrected chi connectivity index (χ3v) is 4.43. The number of rotatable bonds is 4. The van der Waals surface area contributed by atoms with Gasteiger partial charge in [-0.2, -0.15) is 0 Å². The molecule has 0 amide bonds. The van der Waals surface area contributed by atoms with Crippen LogP contribution in [0, 0.1) is 5.82 Å². The average Bonchev–Trinajstić information content (AvgIpc) is 2.55. The first-order valence-electron chi connectivity index (χ1n) is 7.23. The Morgan fingerprint density at radius 1 is 1.32 bits per heavy atom. The summed E-state index contributed by atoms with van der Waals surface area (Å²) < 4.78 is 19.1. The van der Waals surface area contributed by atoms with Gasteiger partial charge >= 0.3 is 0 Å². The monoisotopic (exact) mass is 321 g/mol. The minimum Gasteiger partial charge on any atom is -0.381 e. The highest BCUT2D eigenvalue weighted by molar-refractivity contribution is 6.32. The van der Waals surface area contributed by atoms with Gasteiger partial charge in [0.05, 0.1) is 6.20 Å². The zero-order chi connectivity index (χ0) is 15.4. The fraction of sp³-hybridized carbons (Fsp3) is 0.375. The lowest BCUT2D eigenvalue weighted by atomic mass is 9.74. The summed E-state index contributed by atoms with van der Waals surface area (Å²) in [5.41, 5.74) is 0.794. The van der Waals surface area contributed by atoms with Crippen LogP contribution in [0.25, 0.3) is 0 Å². The smallest absolute Gasteiger partial charge is 0.148 e. The van der Waals surface area contributed by atoms with E-state index in [1.54, 1.807) is 18.3 Å². The normalized spacial score (nSPS) is 17.2. The fourth-order valence-electron chi connectivity index (χ4n) is 2.84. The molecule has 0 unspecified atom stereocenters. The van der Waals surface area contributed by atoms with Crippen LogP contribution in [-0.4, -0.2) is 29.7 Å². The van der Waals surface area contributed by atoms with E-state index >= 15 is 0 Å². The summed E-state index contributed by atoms with van der Waals surface area (Å²) in [7, 11) is 0. The Labute approximate surface area is 133 Å². The molecule has 3 rings (SSSR count). The maximum Gasteiger partial charge on any atom is 0.148 e. The number of nitrogens with one attached hydrogen (secondary N) is 1. The molecule has 1 aromatic carbocycles. The Balaban J connectivity index is 1.85. The van der Waals surface area contributed by atoms with Crippen molar-refractivity contribution in [1.82, 2.24) is 9.97 Å². The molecular formula is C16H17ClFN3O.